The van der Waals surface area contributed by atoms with Crippen LogP contribution < -0.4 is 5.73 Å². The first kappa shape index (κ1) is 8.33. The van der Waals surface area contributed by atoms with Gasteiger partial charge in [0.25, 0.3) is 0 Å². The number of nitrogens with two attached hydrogens (primary N) is 1. The summed E-state index contributed by atoms with van der Waals surface area (Å²) in [5, 5.41) is 11.0. The van der Waals surface area contributed by atoms with Crippen LogP contribution in [0.15, 0.2) is 41.6 Å². The molecule has 0 saturated heterocycles. The highest BCUT2D eigenvalue weighted by atomic mass is 16.4. The maximum atomic E-state index is 8.22. The number of nitrogens with zero attached hydrogens (tertiary/aromatic N) is 1. The van der Waals surface area contributed by atoms with Gasteiger partial charge in [0, 0.05) is 0 Å². The summed E-state index contributed by atoms with van der Waals surface area (Å²) >= 11 is 0. The van der Waals surface area contributed by atoms with Crippen molar-refractivity contribution < 1.29 is 5.21 Å². The quantitative estimate of drug-likeness (QED) is 0.299. The van der Waals surface area contributed by atoms with E-state index in [1.807, 2.05) is 30.3 Å². The van der Waals surface area contributed by atoms with Gasteiger partial charge in [0.05, 0.1) is 0 Å². The molecule has 12 heavy (non-hydrogen) atoms. The zero-order chi connectivity index (χ0) is 8.81. The van der Waals surface area contributed by atoms with Crippen LogP contribution in [0.3, 0.4) is 0 Å². The zero-order valence-electron chi connectivity index (χ0n) is 6.51. The van der Waals surface area contributed by atoms with Crippen LogP contribution in [-0.2, 0) is 0 Å². The normalized spacial score (nSPS) is 12.2. The topological polar surface area (TPSA) is 58.6 Å². The molecule has 0 atom stereocenters. The van der Waals surface area contributed by atoms with Gasteiger partial charge in [-0.25, -0.2) is 0 Å². The van der Waals surface area contributed by atoms with Crippen molar-refractivity contribution in [3.8, 4) is 0 Å². The van der Waals surface area contributed by atoms with Gasteiger partial charge in [-0.1, -0.05) is 41.6 Å². The number of hydrogen-bond acceptors (Lipinski definition) is 2. The Morgan fingerprint density at radius 1 is 1.33 bits per heavy atom. The van der Waals surface area contributed by atoms with E-state index in [4.69, 9.17) is 10.9 Å². The summed E-state index contributed by atoms with van der Waals surface area (Å²) in [6.45, 7) is 0. The Morgan fingerprint density at radius 2 is 2.00 bits per heavy atom. The Bertz CT molecular complexity index is 291. The van der Waals surface area contributed by atoms with Crippen LogP contribution in [0.5, 0.6) is 0 Å². The summed E-state index contributed by atoms with van der Waals surface area (Å²) in [5.74, 6) is 0.0962. The van der Waals surface area contributed by atoms with Crippen molar-refractivity contribution in [2.45, 2.75) is 0 Å². The van der Waals surface area contributed by atoms with E-state index in [-0.39, 0.29) is 5.84 Å². The molecule has 0 spiro atoms. The zero-order valence-corrected chi connectivity index (χ0v) is 6.51. The maximum absolute atomic E-state index is 8.22. The predicted molar refractivity (Wildman–Crippen MR) is 48.9 cm³/mol. The first-order chi connectivity index (χ1) is 5.83. The van der Waals surface area contributed by atoms with Gasteiger partial charge >= 0.3 is 0 Å². The standard InChI is InChI=1S/C9H10N2O/c10-9(11-12)7-6-8-4-2-1-3-5-8/h1-7,12H,(H2,10,11)/b7-6-. The van der Waals surface area contributed by atoms with E-state index >= 15 is 0 Å². The molecule has 0 aliphatic heterocycles. The SMILES string of the molecule is NC(/C=C\c1ccccc1)=N\O. The lowest BCUT2D eigenvalue weighted by Gasteiger charge is -1.90. The van der Waals surface area contributed by atoms with Gasteiger partial charge < -0.3 is 10.9 Å². The summed E-state index contributed by atoms with van der Waals surface area (Å²) in [4.78, 5) is 0. The molecule has 0 unspecified atom stereocenters. The third-order valence-electron chi connectivity index (χ3n) is 1.36. The second-order valence-electron chi connectivity index (χ2n) is 2.27. The predicted octanol–water partition coefficient (Wildman–Crippen LogP) is 1.45. The van der Waals surface area contributed by atoms with Crippen molar-refractivity contribution in [3.63, 3.8) is 0 Å². The molecule has 0 aliphatic carbocycles. The molecule has 0 radical (unpaired) electrons. The van der Waals surface area contributed by atoms with Crippen LogP contribution in [0, 0.1) is 0 Å². The fourth-order valence-electron chi connectivity index (χ4n) is 0.779. The molecule has 0 aromatic heterocycles. The highest BCUT2D eigenvalue weighted by Gasteiger charge is 1.84. The molecule has 3 heteroatoms. The van der Waals surface area contributed by atoms with Gasteiger partial charge in [0.15, 0.2) is 5.84 Å². The Hall–Kier alpha value is -1.77. The van der Waals surface area contributed by atoms with Crippen LogP contribution in [0.25, 0.3) is 6.08 Å². The minimum atomic E-state index is 0.0962. The molecule has 0 bridgehead atoms. The molecular formula is C9H10N2O. The number of amidine groups is 1. The van der Waals surface area contributed by atoms with E-state index in [2.05, 4.69) is 5.16 Å². The van der Waals surface area contributed by atoms with Gasteiger partial charge in [0.2, 0.25) is 0 Å². The van der Waals surface area contributed by atoms with Gasteiger partial charge in [0.1, 0.15) is 0 Å². The minimum Gasteiger partial charge on any atom is -0.409 e. The number of hydrogen-bond donors (Lipinski definition) is 2. The van der Waals surface area contributed by atoms with Crippen molar-refractivity contribution in [1.29, 1.82) is 0 Å². The first-order valence-electron chi connectivity index (χ1n) is 3.53. The van der Waals surface area contributed by atoms with Gasteiger partial charge in [-0.15, -0.1) is 0 Å². The van der Waals surface area contributed by atoms with Gasteiger partial charge in [-0.3, -0.25) is 0 Å². The van der Waals surface area contributed by atoms with E-state index in [1.54, 1.807) is 6.08 Å². The Morgan fingerprint density at radius 3 is 2.58 bits per heavy atom. The van der Waals surface area contributed by atoms with Crippen LogP contribution in [0.1, 0.15) is 5.56 Å². The molecule has 0 heterocycles. The average Bonchev–Trinajstić information content (AvgIpc) is 2.16. The molecule has 3 N–H and O–H groups in total. The van der Waals surface area contributed by atoms with Crippen LogP contribution in [-0.4, -0.2) is 11.0 Å². The summed E-state index contributed by atoms with van der Waals surface area (Å²) in [5.41, 5.74) is 6.25. The van der Waals surface area contributed by atoms with Crippen molar-refractivity contribution in [2.24, 2.45) is 10.9 Å². The van der Waals surface area contributed by atoms with Crippen LogP contribution in [0.4, 0.5) is 0 Å². The monoisotopic (exact) mass is 162 g/mol. The van der Waals surface area contributed by atoms with E-state index < -0.39 is 0 Å². The highest BCUT2D eigenvalue weighted by molar-refractivity contribution is 5.94. The van der Waals surface area contributed by atoms with E-state index in [0.29, 0.717) is 0 Å². The fraction of sp³-hybridized carbons (Fsp3) is 0. The molecular weight excluding hydrogens is 152 g/mol. The lowest BCUT2D eigenvalue weighted by Crippen LogP contribution is -2.06. The average molecular weight is 162 g/mol. The van der Waals surface area contributed by atoms with Crippen molar-refractivity contribution >= 4 is 11.9 Å². The van der Waals surface area contributed by atoms with Gasteiger partial charge in [-0.2, -0.15) is 0 Å². The molecule has 1 aromatic rings. The molecule has 0 fully saturated rings. The molecule has 1 aromatic carbocycles. The molecule has 0 aliphatic rings. The second-order valence-corrected chi connectivity index (χ2v) is 2.27. The van der Waals surface area contributed by atoms with E-state index in [9.17, 15) is 0 Å². The molecule has 62 valence electrons. The molecule has 1 rings (SSSR count). The summed E-state index contributed by atoms with van der Waals surface area (Å²) in [6, 6.07) is 9.64. The van der Waals surface area contributed by atoms with Gasteiger partial charge in [-0.05, 0) is 11.6 Å². The smallest absolute Gasteiger partial charge is 0.162 e. The molecule has 0 saturated carbocycles. The first-order valence-corrected chi connectivity index (χ1v) is 3.53. The molecule has 0 amide bonds. The third kappa shape index (κ3) is 2.46. The summed E-state index contributed by atoms with van der Waals surface area (Å²) < 4.78 is 0. The van der Waals surface area contributed by atoms with Crippen molar-refractivity contribution in [3.05, 3.63) is 42.0 Å². The van der Waals surface area contributed by atoms with Crippen LogP contribution in [0.2, 0.25) is 0 Å². The lowest BCUT2D eigenvalue weighted by atomic mass is 10.2. The number of rotatable bonds is 2. The molecule has 3 nitrogen and oxygen atoms in total. The fourth-order valence-corrected chi connectivity index (χ4v) is 0.779. The Labute approximate surface area is 70.8 Å². The van der Waals surface area contributed by atoms with Crippen molar-refractivity contribution in [1.82, 2.24) is 0 Å². The lowest BCUT2D eigenvalue weighted by molar-refractivity contribution is 0.319. The number of oxime groups is 1. The van der Waals surface area contributed by atoms with E-state index in [1.165, 1.54) is 6.08 Å². The van der Waals surface area contributed by atoms with Crippen molar-refractivity contribution in [2.75, 3.05) is 0 Å². The minimum absolute atomic E-state index is 0.0962. The largest absolute Gasteiger partial charge is 0.409 e. The highest BCUT2D eigenvalue weighted by Crippen LogP contribution is 1.99. The maximum Gasteiger partial charge on any atom is 0.162 e. The summed E-state index contributed by atoms with van der Waals surface area (Å²) in [7, 11) is 0. The third-order valence-corrected chi connectivity index (χ3v) is 1.36. The number of benzene rings is 1. The second kappa shape index (κ2) is 4.18. The Balaban J connectivity index is 2.70. The van der Waals surface area contributed by atoms with E-state index in [0.717, 1.165) is 5.56 Å². The Kier molecular flexibility index (Phi) is 2.90. The summed E-state index contributed by atoms with van der Waals surface area (Å²) in [6.07, 6.45) is 3.31. The van der Waals surface area contributed by atoms with Crippen LogP contribution >= 0.6 is 0 Å².